The summed E-state index contributed by atoms with van der Waals surface area (Å²) in [7, 11) is 0. The lowest BCUT2D eigenvalue weighted by atomic mass is 10.1. The van der Waals surface area contributed by atoms with E-state index in [9.17, 15) is 4.79 Å². The van der Waals surface area contributed by atoms with Gasteiger partial charge in [0, 0.05) is 5.69 Å². The van der Waals surface area contributed by atoms with Crippen LogP contribution >= 0.6 is 12.4 Å². The Kier molecular flexibility index (Phi) is 6.94. The van der Waals surface area contributed by atoms with E-state index in [2.05, 4.69) is 17.3 Å². The van der Waals surface area contributed by atoms with Gasteiger partial charge in [0.1, 0.15) is 6.04 Å². The van der Waals surface area contributed by atoms with Gasteiger partial charge in [0.05, 0.1) is 12.2 Å². The van der Waals surface area contributed by atoms with E-state index in [1.807, 2.05) is 20.8 Å². The molecule has 0 amide bonds. The molecule has 0 saturated carbocycles. The number of nitrogens with zero attached hydrogens (tertiary/aromatic N) is 2. The number of hydrogen-bond donors (Lipinski definition) is 2. The average Bonchev–Trinajstić information content (AvgIpc) is 2.53. The minimum atomic E-state index is -0.836. The molecule has 0 spiro atoms. The molecule has 0 aromatic carbocycles. The van der Waals surface area contributed by atoms with E-state index in [0.29, 0.717) is 13.1 Å². The highest BCUT2D eigenvalue weighted by atomic mass is 35.5. The molecule has 1 unspecified atom stereocenters. The van der Waals surface area contributed by atoms with Gasteiger partial charge in [-0.3, -0.25) is 9.48 Å². The lowest BCUT2D eigenvalue weighted by molar-refractivity contribution is -0.139. The molecule has 1 heterocycles. The third kappa shape index (κ3) is 3.71. The first-order chi connectivity index (χ1) is 8.01. The molecule has 0 bridgehead atoms. The van der Waals surface area contributed by atoms with Crippen molar-refractivity contribution in [3.63, 3.8) is 0 Å². The topological polar surface area (TPSA) is 67.2 Å². The number of carboxylic acids is 1. The van der Waals surface area contributed by atoms with Crippen LogP contribution in [0.5, 0.6) is 0 Å². The first kappa shape index (κ1) is 16.9. The van der Waals surface area contributed by atoms with Gasteiger partial charge in [-0.1, -0.05) is 13.8 Å². The molecule has 0 aliphatic rings. The second-order valence-corrected chi connectivity index (χ2v) is 4.13. The predicted molar refractivity (Wildman–Crippen MR) is 73.4 cm³/mol. The SMILES string of the molecule is CCNC(Cn1nc(C)c(CC)c1C)C(=O)O.Cl. The summed E-state index contributed by atoms with van der Waals surface area (Å²) in [6.07, 6.45) is 0.927. The van der Waals surface area contributed by atoms with Crippen LogP contribution in [0.15, 0.2) is 0 Å². The van der Waals surface area contributed by atoms with Crippen LogP contribution in [0.3, 0.4) is 0 Å². The van der Waals surface area contributed by atoms with E-state index in [0.717, 1.165) is 17.8 Å². The molecule has 18 heavy (non-hydrogen) atoms. The van der Waals surface area contributed by atoms with Crippen molar-refractivity contribution in [3.05, 3.63) is 17.0 Å². The maximum Gasteiger partial charge on any atom is 0.322 e. The third-order valence-corrected chi connectivity index (χ3v) is 2.99. The molecular weight excluding hydrogens is 254 g/mol. The van der Waals surface area contributed by atoms with E-state index in [-0.39, 0.29) is 12.4 Å². The molecule has 2 N–H and O–H groups in total. The van der Waals surface area contributed by atoms with Crippen molar-refractivity contribution in [1.82, 2.24) is 15.1 Å². The molecule has 5 nitrogen and oxygen atoms in total. The third-order valence-electron chi connectivity index (χ3n) is 2.99. The summed E-state index contributed by atoms with van der Waals surface area (Å²) in [6.45, 7) is 8.94. The molecule has 0 saturated heterocycles. The van der Waals surface area contributed by atoms with Crippen molar-refractivity contribution in [2.45, 2.75) is 46.7 Å². The molecule has 0 fully saturated rings. The molecule has 6 heteroatoms. The van der Waals surface area contributed by atoms with E-state index < -0.39 is 12.0 Å². The van der Waals surface area contributed by atoms with Crippen LogP contribution < -0.4 is 5.32 Å². The van der Waals surface area contributed by atoms with Gasteiger partial charge in [-0.2, -0.15) is 5.10 Å². The lowest BCUT2D eigenvalue weighted by Gasteiger charge is -2.14. The van der Waals surface area contributed by atoms with Crippen molar-refractivity contribution in [2.75, 3.05) is 6.54 Å². The highest BCUT2D eigenvalue weighted by Gasteiger charge is 2.19. The lowest BCUT2D eigenvalue weighted by Crippen LogP contribution is -2.40. The summed E-state index contributed by atoms with van der Waals surface area (Å²) < 4.78 is 1.79. The molecule has 104 valence electrons. The fourth-order valence-corrected chi connectivity index (χ4v) is 2.07. The zero-order valence-electron chi connectivity index (χ0n) is 11.4. The van der Waals surface area contributed by atoms with E-state index in [1.54, 1.807) is 4.68 Å². The van der Waals surface area contributed by atoms with Crippen LogP contribution in [-0.2, 0) is 17.8 Å². The average molecular weight is 276 g/mol. The Morgan fingerprint density at radius 2 is 2.06 bits per heavy atom. The number of likely N-dealkylation sites (N-methyl/N-ethyl adjacent to an activating group) is 1. The van der Waals surface area contributed by atoms with Crippen molar-refractivity contribution in [2.24, 2.45) is 0 Å². The number of hydrogen-bond acceptors (Lipinski definition) is 3. The molecule has 1 aromatic heterocycles. The maximum absolute atomic E-state index is 11.1. The molecule has 1 atom stereocenters. The largest absolute Gasteiger partial charge is 0.480 e. The zero-order valence-corrected chi connectivity index (χ0v) is 12.2. The number of carbonyl (C=O) groups is 1. The van der Waals surface area contributed by atoms with Crippen LogP contribution in [0.1, 0.15) is 30.8 Å². The summed E-state index contributed by atoms with van der Waals surface area (Å²) in [6, 6.07) is -0.581. The number of rotatable bonds is 6. The smallest absolute Gasteiger partial charge is 0.322 e. The van der Waals surface area contributed by atoms with Gasteiger partial charge in [0.25, 0.3) is 0 Å². The van der Waals surface area contributed by atoms with Crippen molar-refractivity contribution in [1.29, 1.82) is 0 Å². The molecule has 1 aromatic rings. The quantitative estimate of drug-likeness (QED) is 0.827. The van der Waals surface area contributed by atoms with Crippen LogP contribution in [0.4, 0.5) is 0 Å². The second-order valence-electron chi connectivity index (χ2n) is 4.13. The van der Waals surface area contributed by atoms with Gasteiger partial charge in [0.2, 0.25) is 0 Å². The summed E-state index contributed by atoms with van der Waals surface area (Å²) in [4.78, 5) is 11.1. The fraction of sp³-hybridized carbons (Fsp3) is 0.667. The summed E-state index contributed by atoms with van der Waals surface area (Å²) in [5.74, 6) is -0.836. The number of aliphatic carboxylic acids is 1. The van der Waals surface area contributed by atoms with Crippen molar-refractivity contribution >= 4 is 18.4 Å². The summed E-state index contributed by atoms with van der Waals surface area (Å²) in [5.41, 5.74) is 3.27. The minimum Gasteiger partial charge on any atom is -0.480 e. The number of aromatic nitrogens is 2. The number of carboxylic acid groups (broad SMARTS) is 1. The Morgan fingerprint density at radius 3 is 2.44 bits per heavy atom. The molecule has 0 aliphatic carbocycles. The Morgan fingerprint density at radius 1 is 1.44 bits per heavy atom. The fourth-order valence-electron chi connectivity index (χ4n) is 2.07. The van der Waals surface area contributed by atoms with Crippen LogP contribution in [-0.4, -0.2) is 33.4 Å². The highest BCUT2D eigenvalue weighted by Crippen LogP contribution is 2.13. The van der Waals surface area contributed by atoms with Gasteiger partial charge in [-0.25, -0.2) is 0 Å². The predicted octanol–water partition coefficient (Wildman–Crippen LogP) is 1.55. The van der Waals surface area contributed by atoms with E-state index >= 15 is 0 Å². The molecule has 0 radical (unpaired) electrons. The monoisotopic (exact) mass is 275 g/mol. The molecule has 0 aliphatic heterocycles. The number of halogens is 1. The normalized spacial score (nSPS) is 12.0. The van der Waals surface area contributed by atoms with Crippen molar-refractivity contribution in [3.8, 4) is 0 Å². The molecule has 1 rings (SSSR count). The second kappa shape index (κ2) is 7.38. The van der Waals surface area contributed by atoms with Crippen LogP contribution in [0.2, 0.25) is 0 Å². The van der Waals surface area contributed by atoms with Crippen molar-refractivity contribution < 1.29 is 9.90 Å². The highest BCUT2D eigenvalue weighted by molar-refractivity contribution is 5.85. The first-order valence-electron chi connectivity index (χ1n) is 6.00. The van der Waals surface area contributed by atoms with E-state index in [4.69, 9.17) is 5.11 Å². The number of aryl methyl sites for hydroxylation is 1. The Labute approximate surface area is 114 Å². The zero-order chi connectivity index (χ0) is 13.0. The van der Waals surface area contributed by atoms with E-state index in [1.165, 1.54) is 5.56 Å². The van der Waals surface area contributed by atoms with Gasteiger partial charge in [-0.05, 0) is 32.4 Å². The Balaban J connectivity index is 0.00000289. The van der Waals surface area contributed by atoms with Crippen LogP contribution in [0, 0.1) is 13.8 Å². The molecular formula is C12H22ClN3O2. The maximum atomic E-state index is 11.1. The number of nitrogens with one attached hydrogen (secondary N) is 1. The standard InChI is InChI=1S/C12H21N3O2.ClH/c1-5-10-8(3)14-15(9(10)4)7-11(12(16)17)13-6-2;/h11,13H,5-7H2,1-4H3,(H,16,17);1H. The summed E-state index contributed by atoms with van der Waals surface area (Å²) in [5, 5.41) is 16.4. The van der Waals surface area contributed by atoms with Gasteiger partial charge in [-0.15, -0.1) is 12.4 Å². The van der Waals surface area contributed by atoms with Gasteiger partial charge < -0.3 is 10.4 Å². The van der Waals surface area contributed by atoms with Gasteiger partial charge >= 0.3 is 5.97 Å². The first-order valence-corrected chi connectivity index (χ1v) is 6.00. The van der Waals surface area contributed by atoms with Crippen LogP contribution in [0.25, 0.3) is 0 Å². The summed E-state index contributed by atoms with van der Waals surface area (Å²) >= 11 is 0. The minimum absolute atomic E-state index is 0. The Hall–Kier alpha value is -1.07. The van der Waals surface area contributed by atoms with Gasteiger partial charge in [0.15, 0.2) is 0 Å². The Bertz CT molecular complexity index is 404.